The molecule has 1 amide bonds. The van der Waals surface area contributed by atoms with Gasteiger partial charge in [0.05, 0.1) is 16.6 Å². The first-order valence-electron chi connectivity index (χ1n) is 4.86. The number of carbonyl (C=O) groups excluding carboxylic acids is 1. The molecule has 1 atom stereocenters. The molecule has 0 fully saturated rings. The van der Waals surface area contributed by atoms with Crippen LogP contribution in [0.1, 0.15) is 17.3 Å². The minimum atomic E-state index is -0.569. The molecule has 1 unspecified atom stereocenters. The minimum Gasteiger partial charge on any atom is -0.392 e. The maximum atomic E-state index is 13.5. The van der Waals surface area contributed by atoms with Gasteiger partial charge in [-0.15, -0.1) is 0 Å². The molecule has 0 aliphatic carbocycles. The largest absolute Gasteiger partial charge is 0.392 e. The maximum absolute atomic E-state index is 13.5. The Balaban J connectivity index is 3.04. The Bertz CT molecular complexity index is 467. The Hall–Kier alpha value is -1.01. The fourth-order valence-corrected chi connectivity index (χ4v) is 1.74. The molecule has 0 spiro atoms. The van der Waals surface area contributed by atoms with E-state index in [0.29, 0.717) is 4.47 Å². The van der Waals surface area contributed by atoms with Crippen LogP contribution in [0.25, 0.3) is 0 Å². The third-order valence-electron chi connectivity index (χ3n) is 2.47. The van der Waals surface area contributed by atoms with Gasteiger partial charge in [0.15, 0.2) is 0 Å². The quantitative estimate of drug-likeness (QED) is 0.870. The molecule has 1 rings (SSSR count). The average Bonchev–Trinajstić information content (AvgIpc) is 2.29. The summed E-state index contributed by atoms with van der Waals surface area (Å²) in [7, 11) is 1.53. The summed E-state index contributed by atoms with van der Waals surface area (Å²) in [6.45, 7) is 1.69. The zero-order chi connectivity index (χ0) is 13.2. The fourth-order valence-electron chi connectivity index (χ4n) is 1.22. The Morgan fingerprint density at radius 3 is 2.71 bits per heavy atom. The smallest absolute Gasteiger partial charge is 0.257 e. The van der Waals surface area contributed by atoms with Crippen molar-refractivity contribution in [2.45, 2.75) is 13.0 Å². The van der Waals surface area contributed by atoms with Crippen LogP contribution in [0, 0.1) is 5.82 Å². The monoisotopic (exact) mass is 318 g/mol. The van der Waals surface area contributed by atoms with Gasteiger partial charge in [-0.1, -0.05) is 28.1 Å². The van der Waals surface area contributed by atoms with Crippen LogP contribution in [0.15, 0.2) is 22.7 Å². The first-order valence-corrected chi connectivity index (χ1v) is 6.06. The van der Waals surface area contributed by atoms with E-state index in [2.05, 4.69) is 15.9 Å². The molecular formula is C11H12BrFN2OS. The first kappa shape index (κ1) is 14.1. The van der Waals surface area contributed by atoms with Crippen molar-refractivity contribution in [3.63, 3.8) is 0 Å². The summed E-state index contributed by atoms with van der Waals surface area (Å²) in [6.07, 6.45) is 0. The second-order valence-electron chi connectivity index (χ2n) is 3.62. The van der Waals surface area contributed by atoms with E-state index in [4.69, 9.17) is 18.0 Å². The Kier molecular flexibility index (Phi) is 4.59. The number of rotatable bonds is 3. The highest BCUT2D eigenvalue weighted by Gasteiger charge is 2.22. The van der Waals surface area contributed by atoms with Gasteiger partial charge < -0.3 is 10.6 Å². The van der Waals surface area contributed by atoms with Crippen LogP contribution in [0.5, 0.6) is 0 Å². The number of amides is 1. The number of thiocarbonyl (C=S) groups is 1. The van der Waals surface area contributed by atoms with Crippen molar-refractivity contribution in [1.29, 1.82) is 0 Å². The number of nitrogens with two attached hydrogens (primary N) is 1. The SMILES string of the molecule is CC(C(N)=S)N(C)C(=O)c1cc(Br)ccc1F. The molecule has 92 valence electrons. The molecule has 6 heteroatoms. The van der Waals surface area contributed by atoms with Crippen molar-refractivity contribution < 1.29 is 9.18 Å². The lowest BCUT2D eigenvalue weighted by atomic mass is 10.1. The second kappa shape index (κ2) is 5.55. The van der Waals surface area contributed by atoms with E-state index in [-0.39, 0.29) is 10.6 Å². The second-order valence-corrected chi connectivity index (χ2v) is 5.01. The molecule has 0 radical (unpaired) electrons. The lowest BCUT2D eigenvalue weighted by Gasteiger charge is -2.24. The van der Waals surface area contributed by atoms with Crippen LogP contribution in [0.2, 0.25) is 0 Å². The van der Waals surface area contributed by atoms with Crippen LogP contribution >= 0.6 is 28.1 Å². The van der Waals surface area contributed by atoms with Crippen LogP contribution < -0.4 is 5.73 Å². The third-order valence-corrected chi connectivity index (χ3v) is 3.31. The molecule has 17 heavy (non-hydrogen) atoms. The van der Waals surface area contributed by atoms with Gasteiger partial charge in [0, 0.05) is 11.5 Å². The van der Waals surface area contributed by atoms with Crippen LogP contribution in [0.4, 0.5) is 4.39 Å². The van der Waals surface area contributed by atoms with Crippen LogP contribution in [-0.4, -0.2) is 28.9 Å². The molecule has 0 saturated heterocycles. The standard InChI is InChI=1S/C11H12BrFN2OS/c1-6(10(14)17)15(2)11(16)8-5-7(12)3-4-9(8)13/h3-6H,1-2H3,(H2,14,17). The first-order chi connectivity index (χ1) is 7.84. The molecule has 1 aromatic carbocycles. The normalized spacial score (nSPS) is 12.0. The minimum absolute atomic E-state index is 0.00928. The highest BCUT2D eigenvalue weighted by Crippen LogP contribution is 2.17. The predicted octanol–water partition coefficient (Wildman–Crippen LogP) is 2.33. The number of hydrogen-bond acceptors (Lipinski definition) is 2. The lowest BCUT2D eigenvalue weighted by Crippen LogP contribution is -2.43. The highest BCUT2D eigenvalue weighted by molar-refractivity contribution is 9.10. The number of hydrogen-bond donors (Lipinski definition) is 1. The zero-order valence-electron chi connectivity index (χ0n) is 9.41. The van der Waals surface area contributed by atoms with Gasteiger partial charge in [-0.3, -0.25) is 4.79 Å². The van der Waals surface area contributed by atoms with Gasteiger partial charge in [-0.25, -0.2) is 4.39 Å². The lowest BCUT2D eigenvalue weighted by molar-refractivity contribution is 0.0774. The summed E-state index contributed by atoms with van der Waals surface area (Å²) < 4.78 is 14.2. The molecule has 2 N–H and O–H groups in total. The molecule has 0 heterocycles. The number of benzene rings is 1. The van der Waals surface area contributed by atoms with E-state index < -0.39 is 17.8 Å². The van der Waals surface area contributed by atoms with Crippen molar-refractivity contribution in [2.75, 3.05) is 7.05 Å². The summed E-state index contributed by atoms with van der Waals surface area (Å²) in [5, 5.41) is 0. The molecule has 0 aliphatic heterocycles. The van der Waals surface area contributed by atoms with Crippen molar-refractivity contribution in [3.05, 3.63) is 34.1 Å². The van der Waals surface area contributed by atoms with Gasteiger partial charge in [0.1, 0.15) is 5.82 Å². The molecule has 0 aromatic heterocycles. The number of likely N-dealkylation sites (N-methyl/N-ethyl adjacent to an activating group) is 1. The molecule has 0 saturated carbocycles. The van der Waals surface area contributed by atoms with Gasteiger partial charge in [0.25, 0.3) is 5.91 Å². The van der Waals surface area contributed by atoms with Crippen LogP contribution in [0.3, 0.4) is 0 Å². The van der Waals surface area contributed by atoms with Gasteiger partial charge >= 0.3 is 0 Å². The van der Waals surface area contributed by atoms with Crippen molar-refractivity contribution in [1.82, 2.24) is 4.90 Å². The van der Waals surface area contributed by atoms with Gasteiger partial charge in [-0.05, 0) is 25.1 Å². The van der Waals surface area contributed by atoms with Crippen molar-refractivity contribution in [3.8, 4) is 0 Å². The zero-order valence-corrected chi connectivity index (χ0v) is 11.8. The molecule has 0 bridgehead atoms. The number of carbonyl (C=O) groups is 1. The van der Waals surface area contributed by atoms with Crippen molar-refractivity contribution >= 4 is 39.0 Å². The van der Waals surface area contributed by atoms with E-state index in [1.165, 1.54) is 30.1 Å². The molecular weight excluding hydrogens is 307 g/mol. The predicted molar refractivity (Wildman–Crippen MR) is 72.4 cm³/mol. The van der Waals surface area contributed by atoms with E-state index in [1.54, 1.807) is 6.92 Å². The molecule has 1 aromatic rings. The number of nitrogens with zero attached hydrogens (tertiary/aromatic N) is 1. The summed E-state index contributed by atoms with van der Waals surface area (Å²) in [5.41, 5.74) is 5.45. The van der Waals surface area contributed by atoms with E-state index in [0.717, 1.165) is 0 Å². The summed E-state index contributed by atoms with van der Waals surface area (Å²) in [5.74, 6) is -1.02. The Morgan fingerprint density at radius 2 is 2.18 bits per heavy atom. The van der Waals surface area contributed by atoms with Crippen LogP contribution in [-0.2, 0) is 0 Å². The van der Waals surface area contributed by atoms with Gasteiger partial charge in [-0.2, -0.15) is 0 Å². The molecule has 0 aliphatic rings. The van der Waals surface area contributed by atoms with Crippen molar-refractivity contribution in [2.24, 2.45) is 5.73 Å². The fraction of sp³-hybridized carbons (Fsp3) is 0.273. The summed E-state index contributed by atoms with van der Waals surface area (Å²) in [6, 6.07) is 3.77. The summed E-state index contributed by atoms with van der Waals surface area (Å²) >= 11 is 7.99. The van der Waals surface area contributed by atoms with Gasteiger partial charge in [0.2, 0.25) is 0 Å². The summed E-state index contributed by atoms with van der Waals surface area (Å²) in [4.78, 5) is 13.5. The molecule has 3 nitrogen and oxygen atoms in total. The van der Waals surface area contributed by atoms with E-state index in [1.807, 2.05) is 0 Å². The van der Waals surface area contributed by atoms with E-state index >= 15 is 0 Å². The average molecular weight is 319 g/mol. The maximum Gasteiger partial charge on any atom is 0.257 e. The number of halogens is 2. The van der Waals surface area contributed by atoms with E-state index in [9.17, 15) is 9.18 Å². The topological polar surface area (TPSA) is 46.3 Å². The highest BCUT2D eigenvalue weighted by atomic mass is 79.9. The Morgan fingerprint density at radius 1 is 1.59 bits per heavy atom. The Labute approximate surface area is 113 Å². The third kappa shape index (κ3) is 3.23.